The zero-order chi connectivity index (χ0) is 25.7. The molecule has 0 bridgehead atoms. The Morgan fingerprint density at radius 1 is 1.17 bits per heavy atom. The van der Waals surface area contributed by atoms with Crippen molar-refractivity contribution in [2.45, 2.75) is 37.6 Å². The van der Waals surface area contributed by atoms with Crippen molar-refractivity contribution in [2.75, 3.05) is 18.2 Å². The Morgan fingerprint density at radius 2 is 1.83 bits per heavy atom. The fourth-order valence-electron chi connectivity index (χ4n) is 3.65. The van der Waals surface area contributed by atoms with Crippen LogP contribution in [0.25, 0.3) is 0 Å². The molecule has 6 nitrogen and oxygen atoms in total. The van der Waals surface area contributed by atoms with Crippen LogP contribution in [0.4, 0.5) is 15.8 Å². The standard InChI is InChI=1S/C26H31ClFN3O3S/c1-4-5-19-6-12-23(13-7-19)35(3,32,33)31-18(2)17-34-26-14-20(16-29)25(15-24(26)27)30-22-10-8-21(28)9-11-22/h6-16,18,29-30H,4-5,17H2,1-3H3,(H2,31,32,33)/t18-/m0/s1. The van der Waals surface area contributed by atoms with Crippen LogP contribution in [0.15, 0.2) is 65.6 Å². The third-order valence-corrected chi connectivity index (χ3v) is 8.00. The Balaban J connectivity index is 1.69. The molecule has 0 aliphatic rings. The van der Waals surface area contributed by atoms with Crippen LogP contribution in [0.5, 0.6) is 5.75 Å². The van der Waals surface area contributed by atoms with Crippen molar-refractivity contribution in [2.24, 2.45) is 0 Å². The van der Waals surface area contributed by atoms with Crippen molar-refractivity contribution >= 4 is 38.7 Å². The quantitative estimate of drug-likeness (QED) is 0.220. The van der Waals surface area contributed by atoms with Gasteiger partial charge < -0.3 is 15.5 Å². The number of ether oxygens (including phenoxy) is 1. The highest BCUT2D eigenvalue weighted by Crippen LogP contribution is 2.33. The summed E-state index contributed by atoms with van der Waals surface area (Å²) in [6, 6.07) is 15.7. The molecule has 0 aliphatic heterocycles. The van der Waals surface area contributed by atoms with Gasteiger partial charge in [-0.3, -0.25) is 4.55 Å². The maximum atomic E-state index is 13.4. The number of benzene rings is 3. The lowest BCUT2D eigenvalue weighted by atomic mass is 10.1. The third-order valence-electron chi connectivity index (χ3n) is 5.37. The molecule has 1 atom stereocenters. The van der Waals surface area contributed by atoms with E-state index in [0.29, 0.717) is 32.6 Å². The molecule has 35 heavy (non-hydrogen) atoms. The molecule has 3 aromatic carbocycles. The van der Waals surface area contributed by atoms with Crippen LogP contribution < -0.4 is 14.8 Å². The number of hydrogen-bond acceptors (Lipinski definition) is 4. The predicted octanol–water partition coefficient (Wildman–Crippen LogP) is 6.43. The first kappa shape index (κ1) is 26.8. The molecule has 0 aromatic heterocycles. The summed E-state index contributed by atoms with van der Waals surface area (Å²) in [4.78, 5) is 0.314. The van der Waals surface area contributed by atoms with E-state index in [2.05, 4.69) is 17.0 Å². The Morgan fingerprint density at radius 3 is 2.43 bits per heavy atom. The SMILES string of the molecule is CCCc1ccc(S(C)(=O)(O)N[C@@H](C)COc2cc(C=N)c(Nc3ccc(F)cc3)cc2Cl)cc1. The van der Waals surface area contributed by atoms with Gasteiger partial charge in [-0.2, -0.15) is 4.21 Å². The number of aryl methyl sites for hydroxylation is 1. The van der Waals surface area contributed by atoms with Crippen LogP contribution in [0, 0.1) is 11.2 Å². The smallest absolute Gasteiger partial charge is 0.138 e. The van der Waals surface area contributed by atoms with E-state index in [1.165, 1.54) is 18.4 Å². The Labute approximate surface area is 210 Å². The van der Waals surface area contributed by atoms with Gasteiger partial charge in [0, 0.05) is 29.4 Å². The lowest BCUT2D eigenvalue weighted by molar-refractivity contribution is 0.284. The van der Waals surface area contributed by atoms with Crippen LogP contribution in [-0.2, 0) is 16.0 Å². The molecule has 0 aliphatic carbocycles. The average molecular weight is 520 g/mol. The van der Waals surface area contributed by atoms with Gasteiger partial charge in [0.25, 0.3) is 0 Å². The van der Waals surface area contributed by atoms with E-state index >= 15 is 0 Å². The maximum absolute atomic E-state index is 13.4. The molecule has 9 heteroatoms. The molecule has 0 spiro atoms. The van der Waals surface area contributed by atoms with Gasteiger partial charge in [-0.05, 0) is 67.4 Å². The maximum Gasteiger partial charge on any atom is 0.138 e. The first-order valence-corrected chi connectivity index (χ1v) is 14.0. The molecular formula is C26H31ClFN3O3S. The molecule has 0 radical (unpaired) electrons. The number of anilines is 2. The summed E-state index contributed by atoms with van der Waals surface area (Å²) in [5, 5.41) is 11.2. The van der Waals surface area contributed by atoms with Gasteiger partial charge in [0.15, 0.2) is 0 Å². The van der Waals surface area contributed by atoms with Crippen LogP contribution in [0.1, 0.15) is 31.4 Å². The molecule has 0 amide bonds. The largest absolute Gasteiger partial charge is 0.490 e. The Hall–Kier alpha value is -2.78. The van der Waals surface area contributed by atoms with E-state index in [0.717, 1.165) is 24.6 Å². The monoisotopic (exact) mass is 519 g/mol. The lowest BCUT2D eigenvalue weighted by Gasteiger charge is -2.42. The van der Waals surface area contributed by atoms with Crippen molar-refractivity contribution in [3.63, 3.8) is 0 Å². The zero-order valence-corrected chi connectivity index (χ0v) is 21.5. The summed E-state index contributed by atoms with van der Waals surface area (Å²) in [6.07, 6.45) is 4.36. The van der Waals surface area contributed by atoms with E-state index in [1.54, 1.807) is 43.3 Å². The van der Waals surface area contributed by atoms with E-state index in [-0.39, 0.29) is 12.4 Å². The minimum Gasteiger partial charge on any atom is -0.490 e. The van der Waals surface area contributed by atoms with E-state index in [1.807, 2.05) is 12.1 Å². The van der Waals surface area contributed by atoms with Crippen LogP contribution >= 0.6 is 11.6 Å². The zero-order valence-electron chi connectivity index (χ0n) is 20.0. The summed E-state index contributed by atoms with van der Waals surface area (Å²) < 4.78 is 46.2. The van der Waals surface area contributed by atoms with Crippen LogP contribution in [-0.4, -0.2) is 33.9 Å². The molecule has 3 rings (SSSR count). The first-order chi connectivity index (χ1) is 16.5. The second kappa shape index (κ2) is 10.9. The van der Waals surface area contributed by atoms with Crippen molar-refractivity contribution < 1.29 is 17.9 Å². The molecule has 3 aromatic rings. The van der Waals surface area contributed by atoms with E-state index in [9.17, 15) is 13.2 Å². The molecule has 0 saturated heterocycles. The van der Waals surface area contributed by atoms with E-state index in [4.69, 9.17) is 21.7 Å². The normalized spacial score (nSPS) is 13.5. The van der Waals surface area contributed by atoms with Gasteiger partial charge in [-0.25, -0.2) is 9.11 Å². The summed E-state index contributed by atoms with van der Waals surface area (Å²) in [5.41, 5.74) is 2.84. The third kappa shape index (κ3) is 7.11. The highest BCUT2D eigenvalue weighted by molar-refractivity contribution is 8.12. The molecule has 4 N–H and O–H groups in total. The van der Waals surface area contributed by atoms with Gasteiger partial charge in [-0.1, -0.05) is 37.1 Å². The lowest BCUT2D eigenvalue weighted by Crippen LogP contribution is -2.51. The topological polar surface area (TPSA) is 94.4 Å². The molecular weight excluding hydrogens is 489 g/mol. The van der Waals surface area contributed by atoms with Crippen molar-refractivity contribution in [1.82, 2.24) is 4.72 Å². The fraction of sp³-hybridized carbons (Fsp3) is 0.269. The van der Waals surface area contributed by atoms with Gasteiger partial charge in [0.05, 0.1) is 16.0 Å². The highest BCUT2D eigenvalue weighted by atomic mass is 35.5. The molecule has 0 saturated carbocycles. The molecule has 188 valence electrons. The molecule has 0 fully saturated rings. The van der Waals surface area contributed by atoms with Gasteiger partial charge in [0.1, 0.15) is 18.2 Å². The van der Waals surface area contributed by atoms with Crippen molar-refractivity contribution in [1.29, 1.82) is 5.41 Å². The van der Waals surface area contributed by atoms with E-state index < -0.39 is 15.6 Å². The Kier molecular flexibility index (Phi) is 8.33. The minimum absolute atomic E-state index is 0.0682. The highest BCUT2D eigenvalue weighted by Gasteiger charge is 2.26. The summed E-state index contributed by atoms with van der Waals surface area (Å²) in [7, 11) is -4.30. The number of rotatable bonds is 11. The minimum atomic E-state index is -4.30. The number of halogens is 2. The predicted molar refractivity (Wildman–Crippen MR) is 143 cm³/mol. The van der Waals surface area contributed by atoms with Crippen LogP contribution in [0.2, 0.25) is 5.02 Å². The first-order valence-electron chi connectivity index (χ1n) is 11.2. The summed E-state index contributed by atoms with van der Waals surface area (Å²) >= 11 is 6.41. The Bertz CT molecular complexity index is 1240. The van der Waals surface area contributed by atoms with Gasteiger partial charge >= 0.3 is 0 Å². The van der Waals surface area contributed by atoms with Crippen molar-refractivity contribution in [3.8, 4) is 5.75 Å². The summed E-state index contributed by atoms with van der Waals surface area (Å²) in [5.74, 6) is -0.00736. The fourth-order valence-corrected chi connectivity index (χ4v) is 5.80. The number of nitrogens with one attached hydrogen (secondary N) is 3. The second-order valence-corrected chi connectivity index (χ2v) is 12.3. The molecule has 0 heterocycles. The summed E-state index contributed by atoms with van der Waals surface area (Å²) in [6.45, 7) is 3.90. The van der Waals surface area contributed by atoms with Gasteiger partial charge in [0.2, 0.25) is 0 Å². The van der Waals surface area contributed by atoms with Crippen molar-refractivity contribution in [3.05, 3.63) is 82.6 Å². The second-order valence-electron chi connectivity index (χ2n) is 8.65. The van der Waals surface area contributed by atoms with Crippen LogP contribution in [0.3, 0.4) is 0 Å². The number of hydrogen-bond donors (Lipinski definition) is 4. The average Bonchev–Trinajstić information content (AvgIpc) is 2.80. The molecule has 0 unspecified atom stereocenters. The van der Waals surface area contributed by atoms with Gasteiger partial charge in [-0.15, -0.1) is 9.53 Å².